The molecule has 0 saturated heterocycles. The summed E-state index contributed by atoms with van der Waals surface area (Å²) in [6.45, 7) is 6.38. The number of aryl methyl sites for hydroxylation is 1. The molecule has 0 aliphatic carbocycles. The van der Waals surface area contributed by atoms with Gasteiger partial charge >= 0.3 is 5.97 Å². The molecular weight excluding hydrogens is 372 g/mol. The molecule has 3 aromatic rings. The number of carbonyl (C=O) groups excluding carboxylic acids is 1. The fraction of sp³-hybridized carbons (Fsp3) is 0.333. The summed E-state index contributed by atoms with van der Waals surface area (Å²) in [5.74, 6) is 0.610. The van der Waals surface area contributed by atoms with Crippen molar-refractivity contribution in [2.45, 2.75) is 44.0 Å². The van der Waals surface area contributed by atoms with E-state index in [0.717, 1.165) is 28.7 Å². The summed E-state index contributed by atoms with van der Waals surface area (Å²) >= 11 is 1.61. The Morgan fingerprint density at radius 1 is 1.14 bits per heavy atom. The molecule has 0 fully saturated rings. The van der Waals surface area contributed by atoms with Gasteiger partial charge in [-0.05, 0) is 44.5 Å². The standard InChI is InChI=1S/C21H24N4O2S/c1-4-27-19(26)10-7-16(3)28-21-24-23-20(17-11-13-22-14-12-17)25(21)18-8-5-15(2)6-9-18/h5-6,8-9,11-14,16H,4,7,10H2,1-3H3. The predicted octanol–water partition coefficient (Wildman–Crippen LogP) is 4.46. The zero-order valence-corrected chi connectivity index (χ0v) is 17.1. The molecule has 2 aromatic heterocycles. The van der Waals surface area contributed by atoms with Crippen molar-refractivity contribution in [3.63, 3.8) is 0 Å². The zero-order chi connectivity index (χ0) is 19.9. The van der Waals surface area contributed by atoms with Crippen molar-refractivity contribution in [3.05, 3.63) is 54.4 Å². The van der Waals surface area contributed by atoms with Crippen molar-refractivity contribution >= 4 is 17.7 Å². The molecule has 0 spiro atoms. The summed E-state index contributed by atoms with van der Waals surface area (Å²) in [5, 5.41) is 9.87. The van der Waals surface area contributed by atoms with Crippen LogP contribution in [0.15, 0.2) is 53.9 Å². The molecule has 0 radical (unpaired) electrons. The van der Waals surface area contributed by atoms with Gasteiger partial charge in [0, 0.05) is 35.3 Å². The molecule has 28 heavy (non-hydrogen) atoms. The molecule has 2 heterocycles. The largest absolute Gasteiger partial charge is 0.466 e. The van der Waals surface area contributed by atoms with Gasteiger partial charge in [-0.1, -0.05) is 36.4 Å². The van der Waals surface area contributed by atoms with Gasteiger partial charge in [0.05, 0.1) is 6.61 Å². The minimum atomic E-state index is -0.160. The molecule has 3 rings (SSSR count). The van der Waals surface area contributed by atoms with Gasteiger partial charge in [-0.25, -0.2) is 0 Å². The SMILES string of the molecule is CCOC(=O)CCC(C)Sc1nnc(-c2ccncc2)n1-c1ccc(C)cc1. The van der Waals surface area contributed by atoms with Gasteiger partial charge in [-0.3, -0.25) is 14.3 Å². The van der Waals surface area contributed by atoms with Gasteiger partial charge in [0.1, 0.15) is 0 Å². The van der Waals surface area contributed by atoms with E-state index in [2.05, 4.69) is 57.9 Å². The molecule has 1 unspecified atom stereocenters. The lowest BCUT2D eigenvalue weighted by Crippen LogP contribution is -2.08. The van der Waals surface area contributed by atoms with E-state index in [9.17, 15) is 4.79 Å². The highest BCUT2D eigenvalue weighted by atomic mass is 32.2. The Labute approximate surface area is 169 Å². The maximum absolute atomic E-state index is 11.6. The third-order valence-corrected chi connectivity index (χ3v) is 5.34. The smallest absolute Gasteiger partial charge is 0.305 e. The summed E-state index contributed by atoms with van der Waals surface area (Å²) in [4.78, 5) is 15.7. The van der Waals surface area contributed by atoms with Gasteiger partial charge in [0.15, 0.2) is 11.0 Å². The summed E-state index contributed by atoms with van der Waals surface area (Å²) in [6, 6.07) is 12.1. The first-order chi connectivity index (χ1) is 13.6. The van der Waals surface area contributed by atoms with Gasteiger partial charge in [0.2, 0.25) is 0 Å². The fourth-order valence-electron chi connectivity index (χ4n) is 2.75. The Morgan fingerprint density at radius 2 is 1.86 bits per heavy atom. The van der Waals surface area contributed by atoms with Crippen LogP contribution in [-0.4, -0.2) is 37.6 Å². The second-order valence-electron chi connectivity index (χ2n) is 6.49. The van der Waals surface area contributed by atoms with Crippen LogP contribution in [0.5, 0.6) is 0 Å². The molecular formula is C21H24N4O2S. The highest BCUT2D eigenvalue weighted by molar-refractivity contribution is 7.99. The maximum atomic E-state index is 11.6. The van der Waals surface area contributed by atoms with Crippen molar-refractivity contribution in [1.29, 1.82) is 0 Å². The van der Waals surface area contributed by atoms with E-state index >= 15 is 0 Å². The van der Waals surface area contributed by atoms with Crippen molar-refractivity contribution in [1.82, 2.24) is 19.7 Å². The summed E-state index contributed by atoms with van der Waals surface area (Å²) < 4.78 is 7.08. The summed E-state index contributed by atoms with van der Waals surface area (Å²) in [7, 11) is 0. The highest BCUT2D eigenvalue weighted by Gasteiger charge is 2.19. The third-order valence-electron chi connectivity index (χ3n) is 4.23. The first kappa shape index (κ1) is 20.1. The van der Waals surface area contributed by atoms with Gasteiger partial charge < -0.3 is 4.74 Å². The second-order valence-corrected chi connectivity index (χ2v) is 7.89. The van der Waals surface area contributed by atoms with E-state index in [1.54, 1.807) is 24.2 Å². The van der Waals surface area contributed by atoms with E-state index < -0.39 is 0 Å². The van der Waals surface area contributed by atoms with Crippen LogP contribution in [-0.2, 0) is 9.53 Å². The van der Waals surface area contributed by atoms with Crippen LogP contribution < -0.4 is 0 Å². The Balaban J connectivity index is 1.88. The number of pyridine rings is 1. The lowest BCUT2D eigenvalue weighted by molar-refractivity contribution is -0.143. The van der Waals surface area contributed by atoms with Crippen molar-refractivity contribution < 1.29 is 9.53 Å². The number of aromatic nitrogens is 4. The molecule has 1 aromatic carbocycles. The molecule has 1 atom stereocenters. The molecule has 0 saturated carbocycles. The number of thioether (sulfide) groups is 1. The van der Waals surface area contributed by atoms with Crippen LogP contribution in [0, 0.1) is 6.92 Å². The number of carbonyl (C=O) groups is 1. The Morgan fingerprint density at radius 3 is 2.54 bits per heavy atom. The Hall–Kier alpha value is -2.67. The number of hydrogen-bond acceptors (Lipinski definition) is 6. The molecule has 7 heteroatoms. The minimum absolute atomic E-state index is 0.160. The maximum Gasteiger partial charge on any atom is 0.305 e. The van der Waals surface area contributed by atoms with E-state index in [4.69, 9.17) is 4.74 Å². The molecule has 0 N–H and O–H groups in total. The molecule has 0 amide bonds. The number of nitrogens with zero attached hydrogens (tertiary/aromatic N) is 4. The number of benzene rings is 1. The van der Waals surface area contributed by atoms with Gasteiger partial charge in [0.25, 0.3) is 0 Å². The Kier molecular flexibility index (Phi) is 6.81. The van der Waals surface area contributed by atoms with Crippen LogP contribution in [0.3, 0.4) is 0 Å². The van der Waals surface area contributed by atoms with Crippen LogP contribution >= 0.6 is 11.8 Å². The first-order valence-electron chi connectivity index (χ1n) is 9.33. The predicted molar refractivity (Wildman–Crippen MR) is 111 cm³/mol. The second kappa shape index (κ2) is 9.50. The van der Waals surface area contributed by atoms with E-state index in [-0.39, 0.29) is 11.2 Å². The van der Waals surface area contributed by atoms with Crippen LogP contribution in [0.4, 0.5) is 0 Å². The molecule has 0 bridgehead atoms. The number of rotatable bonds is 8. The average molecular weight is 397 g/mol. The summed E-state index contributed by atoms with van der Waals surface area (Å²) in [6.07, 6.45) is 4.61. The molecule has 146 valence electrons. The van der Waals surface area contributed by atoms with E-state index in [1.165, 1.54) is 5.56 Å². The molecule has 0 aliphatic rings. The van der Waals surface area contributed by atoms with Crippen LogP contribution in [0.25, 0.3) is 17.1 Å². The summed E-state index contributed by atoms with van der Waals surface area (Å²) in [5.41, 5.74) is 3.15. The van der Waals surface area contributed by atoms with Crippen LogP contribution in [0.1, 0.15) is 32.3 Å². The lowest BCUT2D eigenvalue weighted by Gasteiger charge is -2.13. The lowest BCUT2D eigenvalue weighted by atomic mass is 10.2. The minimum Gasteiger partial charge on any atom is -0.466 e. The van der Waals surface area contributed by atoms with Crippen LogP contribution in [0.2, 0.25) is 0 Å². The van der Waals surface area contributed by atoms with Crippen molar-refractivity contribution in [2.75, 3.05) is 6.61 Å². The topological polar surface area (TPSA) is 69.9 Å². The fourth-order valence-corrected chi connectivity index (χ4v) is 3.73. The third kappa shape index (κ3) is 4.98. The van der Waals surface area contributed by atoms with Gasteiger partial charge in [-0.2, -0.15) is 0 Å². The number of ether oxygens (including phenoxy) is 1. The number of hydrogen-bond donors (Lipinski definition) is 0. The monoisotopic (exact) mass is 396 g/mol. The highest BCUT2D eigenvalue weighted by Crippen LogP contribution is 2.31. The molecule has 6 nitrogen and oxygen atoms in total. The van der Waals surface area contributed by atoms with Crippen molar-refractivity contribution in [3.8, 4) is 17.1 Å². The first-order valence-corrected chi connectivity index (χ1v) is 10.2. The van der Waals surface area contributed by atoms with Crippen molar-refractivity contribution in [2.24, 2.45) is 0 Å². The Bertz CT molecular complexity index is 910. The molecule has 0 aliphatic heterocycles. The average Bonchev–Trinajstić information content (AvgIpc) is 3.11. The normalized spacial score (nSPS) is 12.0. The quantitative estimate of drug-likeness (QED) is 0.413. The zero-order valence-electron chi connectivity index (χ0n) is 16.3. The number of esters is 1. The van der Waals surface area contributed by atoms with Gasteiger partial charge in [-0.15, -0.1) is 10.2 Å². The van der Waals surface area contributed by atoms with E-state index in [0.29, 0.717) is 13.0 Å². The van der Waals surface area contributed by atoms with E-state index in [1.807, 2.05) is 19.1 Å².